The van der Waals surface area contributed by atoms with Crippen LogP contribution in [0.2, 0.25) is 0 Å². The van der Waals surface area contributed by atoms with Gasteiger partial charge in [0.05, 0.1) is 0 Å². The van der Waals surface area contributed by atoms with Crippen LogP contribution in [0.1, 0.15) is 29.2 Å². The quantitative estimate of drug-likeness (QED) is 0.912. The smallest absolute Gasteiger partial charge is 0.265 e. The van der Waals surface area contributed by atoms with Gasteiger partial charge in [0.25, 0.3) is 5.91 Å². The zero-order valence-corrected chi connectivity index (χ0v) is 13.9. The number of carbonyl (C=O) groups excluding carboxylic acids is 1. The Morgan fingerprint density at radius 2 is 1.59 bits per heavy atom. The fraction of sp³-hybridized carbons (Fsp3) is 0.316. The highest BCUT2D eigenvalue weighted by atomic mass is 16.5. The second-order valence-electron chi connectivity index (χ2n) is 5.89. The molecule has 3 heteroatoms. The molecule has 0 heterocycles. The maximum Gasteiger partial charge on any atom is 0.265 e. The second kappa shape index (κ2) is 6.65. The molecule has 0 radical (unpaired) electrons. The summed E-state index contributed by atoms with van der Waals surface area (Å²) in [5, 5.41) is 2.91. The van der Waals surface area contributed by atoms with Gasteiger partial charge in [0.2, 0.25) is 0 Å². The lowest BCUT2D eigenvalue weighted by molar-refractivity contribution is -0.122. The lowest BCUT2D eigenvalue weighted by atomic mass is 10.1. The van der Waals surface area contributed by atoms with Crippen molar-refractivity contribution in [2.45, 2.75) is 40.7 Å². The van der Waals surface area contributed by atoms with Crippen LogP contribution < -0.4 is 10.1 Å². The Morgan fingerprint density at radius 1 is 0.955 bits per heavy atom. The van der Waals surface area contributed by atoms with Crippen LogP contribution in [-0.2, 0) is 4.79 Å². The number of aryl methyl sites for hydroxylation is 4. The molecule has 0 fully saturated rings. The van der Waals surface area contributed by atoms with Crippen LogP contribution in [0, 0.1) is 27.7 Å². The molecular formula is C19H23NO2. The fourth-order valence-electron chi connectivity index (χ4n) is 2.37. The van der Waals surface area contributed by atoms with E-state index in [9.17, 15) is 4.79 Å². The van der Waals surface area contributed by atoms with E-state index in [1.54, 1.807) is 6.92 Å². The largest absolute Gasteiger partial charge is 0.481 e. The molecule has 1 atom stereocenters. The zero-order valence-electron chi connectivity index (χ0n) is 13.9. The fourth-order valence-corrected chi connectivity index (χ4v) is 2.37. The molecule has 3 nitrogen and oxygen atoms in total. The van der Waals surface area contributed by atoms with Crippen molar-refractivity contribution >= 4 is 11.6 Å². The molecule has 0 bridgehead atoms. The molecule has 0 saturated carbocycles. The molecule has 1 amide bonds. The Bertz CT molecular complexity index is 672. The van der Waals surface area contributed by atoms with Gasteiger partial charge in [0.15, 0.2) is 6.10 Å². The Kier molecular flexibility index (Phi) is 4.86. The van der Waals surface area contributed by atoms with Crippen LogP contribution >= 0.6 is 0 Å². The van der Waals surface area contributed by atoms with E-state index in [1.807, 2.05) is 58.0 Å². The molecule has 1 N–H and O–H groups in total. The minimum Gasteiger partial charge on any atom is -0.481 e. The molecule has 2 rings (SSSR count). The van der Waals surface area contributed by atoms with E-state index in [1.165, 1.54) is 0 Å². The predicted molar refractivity (Wildman–Crippen MR) is 90.6 cm³/mol. The van der Waals surface area contributed by atoms with Gasteiger partial charge in [-0.2, -0.15) is 0 Å². The second-order valence-corrected chi connectivity index (χ2v) is 5.89. The van der Waals surface area contributed by atoms with E-state index in [0.29, 0.717) is 0 Å². The minimum atomic E-state index is -0.554. The Hall–Kier alpha value is -2.29. The van der Waals surface area contributed by atoms with E-state index < -0.39 is 6.10 Å². The van der Waals surface area contributed by atoms with Gasteiger partial charge >= 0.3 is 0 Å². The Morgan fingerprint density at radius 3 is 2.23 bits per heavy atom. The average Bonchev–Trinajstić information content (AvgIpc) is 2.41. The minimum absolute atomic E-state index is 0.147. The van der Waals surface area contributed by atoms with Crippen LogP contribution in [0.4, 0.5) is 5.69 Å². The summed E-state index contributed by atoms with van der Waals surface area (Å²) in [4.78, 5) is 12.3. The van der Waals surface area contributed by atoms with Gasteiger partial charge in [0, 0.05) is 5.69 Å². The molecule has 0 spiro atoms. The standard InChI is InChI=1S/C19H23NO2/c1-12-6-7-15(4)18(11-12)22-16(5)19(21)20-17-9-13(2)8-14(3)10-17/h6-11,16H,1-5H3,(H,20,21). The summed E-state index contributed by atoms with van der Waals surface area (Å²) >= 11 is 0. The van der Waals surface area contributed by atoms with Gasteiger partial charge in [-0.05, 0) is 75.1 Å². The Balaban J connectivity index is 2.07. The van der Waals surface area contributed by atoms with Gasteiger partial charge in [-0.3, -0.25) is 4.79 Å². The van der Waals surface area contributed by atoms with Crippen molar-refractivity contribution in [2.75, 3.05) is 5.32 Å². The van der Waals surface area contributed by atoms with E-state index >= 15 is 0 Å². The van der Waals surface area contributed by atoms with Crippen LogP contribution in [0.3, 0.4) is 0 Å². The third-order valence-electron chi connectivity index (χ3n) is 3.51. The first-order chi connectivity index (χ1) is 10.3. The number of nitrogens with one attached hydrogen (secondary N) is 1. The number of hydrogen-bond acceptors (Lipinski definition) is 2. The molecule has 116 valence electrons. The molecule has 0 saturated heterocycles. The molecular weight excluding hydrogens is 274 g/mol. The number of anilines is 1. The molecule has 2 aromatic carbocycles. The van der Waals surface area contributed by atoms with E-state index in [4.69, 9.17) is 4.74 Å². The first kappa shape index (κ1) is 16.1. The third kappa shape index (κ3) is 4.10. The van der Waals surface area contributed by atoms with Crippen LogP contribution in [0.15, 0.2) is 36.4 Å². The van der Waals surface area contributed by atoms with Crippen molar-refractivity contribution in [3.05, 3.63) is 58.7 Å². The number of benzene rings is 2. The van der Waals surface area contributed by atoms with Crippen LogP contribution in [-0.4, -0.2) is 12.0 Å². The summed E-state index contributed by atoms with van der Waals surface area (Å²) in [5.74, 6) is 0.606. The van der Waals surface area contributed by atoms with E-state index in [2.05, 4.69) is 11.4 Å². The summed E-state index contributed by atoms with van der Waals surface area (Å²) in [6.07, 6.45) is -0.554. The van der Waals surface area contributed by atoms with E-state index in [0.717, 1.165) is 33.7 Å². The topological polar surface area (TPSA) is 38.3 Å². The predicted octanol–water partition coefficient (Wildman–Crippen LogP) is 4.33. The highest BCUT2D eigenvalue weighted by molar-refractivity contribution is 5.94. The van der Waals surface area contributed by atoms with Gasteiger partial charge in [-0.25, -0.2) is 0 Å². The number of carbonyl (C=O) groups is 1. The summed E-state index contributed by atoms with van der Waals surface area (Å²) in [6.45, 7) is 9.77. The van der Waals surface area contributed by atoms with Crippen LogP contribution in [0.25, 0.3) is 0 Å². The lowest BCUT2D eigenvalue weighted by Crippen LogP contribution is -2.30. The van der Waals surface area contributed by atoms with Crippen molar-refractivity contribution < 1.29 is 9.53 Å². The van der Waals surface area contributed by atoms with Gasteiger partial charge < -0.3 is 10.1 Å². The van der Waals surface area contributed by atoms with E-state index in [-0.39, 0.29) is 5.91 Å². The molecule has 0 aliphatic carbocycles. The molecule has 0 aliphatic heterocycles. The zero-order chi connectivity index (χ0) is 16.3. The summed E-state index contributed by atoms with van der Waals surface area (Å²) in [7, 11) is 0. The summed E-state index contributed by atoms with van der Waals surface area (Å²) in [5.41, 5.74) is 5.19. The molecule has 2 aromatic rings. The molecule has 0 aromatic heterocycles. The molecule has 0 aliphatic rings. The van der Waals surface area contributed by atoms with Crippen molar-refractivity contribution in [3.63, 3.8) is 0 Å². The van der Waals surface area contributed by atoms with Crippen molar-refractivity contribution in [3.8, 4) is 5.75 Å². The highest BCUT2D eigenvalue weighted by Gasteiger charge is 2.16. The number of hydrogen-bond donors (Lipinski definition) is 1. The first-order valence-electron chi connectivity index (χ1n) is 7.48. The third-order valence-corrected chi connectivity index (χ3v) is 3.51. The number of amides is 1. The lowest BCUT2D eigenvalue weighted by Gasteiger charge is -2.17. The van der Waals surface area contributed by atoms with Crippen molar-refractivity contribution in [2.24, 2.45) is 0 Å². The number of rotatable bonds is 4. The molecule has 22 heavy (non-hydrogen) atoms. The maximum atomic E-state index is 12.3. The van der Waals surface area contributed by atoms with Gasteiger partial charge in [-0.15, -0.1) is 0 Å². The van der Waals surface area contributed by atoms with Crippen molar-refractivity contribution in [1.29, 1.82) is 0 Å². The first-order valence-corrected chi connectivity index (χ1v) is 7.48. The number of ether oxygens (including phenoxy) is 1. The summed E-state index contributed by atoms with van der Waals surface area (Å²) in [6, 6.07) is 12.0. The monoisotopic (exact) mass is 297 g/mol. The van der Waals surface area contributed by atoms with Crippen molar-refractivity contribution in [1.82, 2.24) is 0 Å². The van der Waals surface area contributed by atoms with Gasteiger partial charge in [-0.1, -0.05) is 18.2 Å². The average molecular weight is 297 g/mol. The SMILES string of the molecule is Cc1cc(C)cc(NC(=O)C(C)Oc2cc(C)ccc2C)c1. The normalized spacial score (nSPS) is 11.9. The van der Waals surface area contributed by atoms with Gasteiger partial charge in [0.1, 0.15) is 5.75 Å². The molecule has 1 unspecified atom stereocenters. The maximum absolute atomic E-state index is 12.3. The summed E-state index contributed by atoms with van der Waals surface area (Å²) < 4.78 is 5.81. The highest BCUT2D eigenvalue weighted by Crippen LogP contribution is 2.21. The van der Waals surface area contributed by atoms with Crippen LogP contribution in [0.5, 0.6) is 5.75 Å². The Labute approximate surface area is 132 Å².